The average molecular weight is 99.1 g/mol. The maximum absolute atomic E-state index is 5.36. The van der Waals surface area contributed by atoms with Gasteiger partial charge in [-0.25, -0.2) is 5.84 Å². The summed E-state index contributed by atoms with van der Waals surface area (Å²) in [5.74, 6) is 5.36. The molecule has 1 unspecified atom stereocenters. The van der Waals surface area contributed by atoms with Crippen LogP contribution < -0.4 is 11.2 Å². The van der Waals surface area contributed by atoms with E-state index in [4.69, 9.17) is 5.84 Å². The Hall–Kier alpha value is -0.700. The van der Waals surface area contributed by atoms with E-state index in [-0.39, 0.29) is 6.17 Å². The van der Waals surface area contributed by atoms with Crippen molar-refractivity contribution in [3.05, 3.63) is 12.4 Å². The van der Waals surface area contributed by atoms with E-state index in [2.05, 4.69) is 5.32 Å². The van der Waals surface area contributed by atoms with Crippen molar-refractivity contribution in [3.63, 3.8) is 0 Å². The Morgan fingerprint density at radius 3 is 2.71 bits per heavy atom. The lowest BCUT2D eigenvalue weighted by molar-refractivity contribution is 0.308. The van der Waals surface area contributed by atoms with Gasteiger partial charge in [-0.1, -0.05) is 0 Å². The molecule has 3 heteroatoms. The zero-order valence-electron chi connectivity index (χ0n) is 4.26. The van der Waals surface area contributed by atoms with Crippen LogP contribution >= 0.6 is 0 Å². The Balaban J connectivity index is 2.45. The molecule has 0 amide bonds. The lowest BCUT2D eigenvalue weighted by Gasteiger charge is -2.13. The Kier molecular flexibility index (Phi) is 0.906. The fraction of sp³-hybridized carbons (Fsp3) is 0.500. The molecular weight excluding hydrogens is 90.1 g/mol. The van der Waals surface area contributed by atoms with Gasteiger partial charge in [0.25, 0.3) is 0 Å². The van der Waals surface area contributed by atoms with Crippen LogP contribution in [0.5, 0.6) is 0 Å². The molecule has 0 bridgehead atoms. The van der Waals surface area contributed by atoms with Crippen LogP contribution in [0.3, 0.4) is 0 Å². The number of nitrogens with one attached hydrogen (secondary N) is 1. The molecule has 3 nitrogen and oxygen atoms in total. The first-order valence-corrected chi connectivity index (χ1v) is 2.26. The Morgan fingerprint density at radius 2 is 2.57 bits per heavy atom. The first-order valence-electron chi connectivity index (χ1n) is 2.26. The van der Waals surface area contributed by atoms with Crippen molar-refractivity contribution < 1.29 is 0 Å². The zero-order valence-corrected chi connectivity index (χ0v) is 4.26. The van der Waals surface area contributed by atoms with Gasteiger partial charge in [0, 0.05) is 12.4 Å². The molecule has 1 rings (SSSR count). The average Bonchev–Trinajstić information content (AvgIpc) is 1.91. The minimum absolute atomic E-state index is 0.264. The second kappa shape index (κ2) is 1.42. The van der Waals surface area contributed by atoms with Crippen LogP contribution in [-0.2, 0) is 0 Å². The summed E-state index contributed by atoms with van der Waals surface area (Å²) >= 11 is 0. The fourth-order valence-electron chi connectivity index (χ4n) is 0.484. The first-order chi connectivity index (χ1) is 3.30. The molecule has 3 N–H and O–H groups in total. The zero-order chi connectivity index (χ0) is 5.28. The Labute approximate surface area is 42.8 Å². The van der Waals surface area contributed by atoms with Crippen LogP contribution in [0.15, 0.2) is 12.4 Å². The molecule has 7 heavy (non-hydrogen) atoms. The molecule has 0 aromatic carbocycles. The predicted octanol–water partition coefficient (Wildman–Crippen LogP) is -0.417. The van der Waals surface area contributed by atoms with Gasteiger partial charge in [0.15, 0.2) is 0 Å². The molecule has 1 aliphatic heterocycles. The summed E-state index contributed by atoms with van der Waals surface area (Å²) in [7, 11) is 0. The molecule has 1 heterocycles. The molecule has 1 aliphatic rings. The predicted molar refractivity (Wildman–Crippen MR) is 27.8 cm³/mol. The molecule has 0 aliphatic carbocycles. The standard InChI is InChI=1S/C4H9N3/c1-4-6-2-3-7(4)5/h2-4,6H,5H2,1H3. The second-order valence-electron chi connectivity index (χ2n) is 1.61. The molecule has 0 aromatic rings. The highest BCUT2D eigenvalue weighted by Crippen LogP contribution is 1.93. The minimum Gasteiger partial charge on any atom is -0.369 e. The first kappa shape index (κ1) is 4.46. The molecule has 0 spiro atoms. The number of hydrazine groups is 1. The van der Waals surface area contributed by atoms with Crippen molar-refractivity contribution in [3.8, 4) is 0 Å². The highest BCUT2D eigenvalue weighted by Gasteiger charge is 2.05. The molecule has 0 aromatic heterocycles. The summed E-state index contributed by atoms with van der Waals surface area (Å²) in [6.45, 7) is 1.99. The summed E-state index contributed by atoms with van der Waals surface area (Å²) in [5, 5.41) is 4.60. The smallest absolute Gasteiger partial charge is 0.110 e. The Bertz CT molecular complexity index is 88.9. The third-order valence-corrected chi connectivity index (χ3v) is 1.03. The van der Waals surface area contributed by atoms with E-state index in [1.54, 1.807) is 11.2 Å². The van der Waals surface area contributed by atoms with Gasteiger partial charge in [0.1, 0.15) is 6.17 Å². The van der Waals surface area contributed by atoms with Crippen molar-refractivity contribution >= 4 is 0 Å². The topological polar surface area (TPSA) is 41.3 Å². The van der Waals surface area contributed by atoms with Gasteiger partial charge in [0.2, 0.25) is 0 Å². The van der Waals surface area contributed by atoms with Gasteiger partial charge < -0.3 is 5.32 Å². The summed E-state index contributed by atoms with van der Waals surface area (Å²) in [6.07, 6.45) is 3.88. The lowest BCUT2D eigenvalue weighted by atomic mass is 10.6. The number of rotatable bonds is 0. The molecule has 0 saturated carbocycles. The van der Waals surface area contributed by atoms with E-state index in [1.165, 1.54) is 0 Å². The maximum atomic E-state index is 5.36. The van der Waals surface area contributed by atoms with Gasteiger partial charge in [0.05, 0.1) is 0 Å². The summed E-state index contributed by atoms with van der Waals surface area (Å²) < 4.78 is 0. The van der Waals surface area contributed by atoms with Crippen LogP contribution in [0.25, 0.3) is 0 Å². The van der Waals surface area contributed by atoms with E-state index >= 15 is 0 Å². The van der Waals surface area contributed by atoms with Crippen LogP contribution in [0.4, 0.5) is 0 Å². The van der Waals surface area contributed by atoms with Crippen molar-refractivity contribution in [2.45, 2.75) is 13.1 Å². The molecule has 0 saturated heterocycles. The van der Waals surface area contributed by atoms with E-state index in [0.717, 1.165) is 0 Å². The van der Waals surface area contributed by atoms with Crippen LogP contribution in [0.2, 0.25) is 0 Å². The number of hydrogen-bond donors (Lipinski definition) is 2. The highest BCUT2D eigenvalue weighted by atomic mass is 15.5. The van der Waals surface area contributed by atoms with Crippen LogP contribution in [-0.4, -0.2) is 11.2 Å². The van der Waals surface area contributed by atoms with Crippen molar-refractivity contribution in [2.75, 3.05) is 0 Å². The highest BCUT2D eigenvalue weighted by molar-refractivity contribution is 4.88. The third kappa shape index (κ3) is 0.667. The summed E-state index contributed by atoms with van der Waals surface area (Å²) in [6, 6.07) is 0. The molecule has 1 atom stereocenters. The fourth-order valence-corrected chi connectivity index (χ4v) is 0.484. The minimum atomic E-state index is 0.264. The van der Waals surface area contributed by atoms with Crippen LogP contribution in [0, 0.1) is 0 Å². The van der Waals surface area contributed by atoms with Crippen molar-refractivity contribution in [1.29, 1.82) is 0 Å². The quantitative estimate of drug-likeness (QED) is 0.405. The van der Waals surface area contributed by atoms with Crippen LogP contribution in [0.1, 0.15) is 6.92 Å². The largest absolute Gasteiger partial charge is 0.369 e. The second-order valence-corrected chi connectivity index (χ2v) is 1.61. The van der Waals surface area contributed by atoms with E-state index < -0.39 is 0 Å². The molecular formula is C4H9N3. The van der Waals surface area contributed by atoms with E-state index in [9.17, 15) is 0 Å². The molecule has 40 valence electrons. The number of nitrogens with two attached hydrogens (primary N) is 1. The van der Waals surface area contributed by atoms with Gasteiger partial charge in [-0.3, -0.25) is 5.01 Å². The van der Waals surface area contributed by atoms with E-state index in [1.807, 2.05) is 13.1 Å². The third-order valence-electron chi connectivity index (χ3n) is 1.03. The van der Waals surface area contributed by atoms with Gasteiger partial charge in [-0.05, 0) is 6.92 Å². The van der Waals surface area contributed by atoms with Gasteiger partial charge in [-0.15, -0.1) is 0 Å². The van der Waals surface area contributed by atoms with Gasteiger partial charge >= 0.3 is 0 Å². The van der Waals surface area contributed by atoms with E-state index in [0.29, 0.717) is 0 Å². The normalized spacial score (nSPS) is 28.3. The molecule has 0 fully saturated rings. The summed E-state index contributed by atoms with van der Waals surface area (Å²) in [5.41, 5.74) is 0. The lowest BCUT2D eigenvalue weighted by Crippen LogP contribution is -2.36. The monoisotopic (exact) mass is 99.1 g/mol. The SMILES string of the molecule is CC1NC=CN1N. The Morgan fingerprint density at radius 1 is 1.86 bits per heavy atom. The van der Waals surface area contributed by atoms with Crippen molar-refractivity contribution in [1.82, 2.24) is 10.3 Å². The van der Waals surface area contributed by atoms with Crippen molar-refractivity contribution in [2.24, 2.45) is 5.84 Å². The maximum Gasteiger partial charge on any atom is 0.110 e. The molecule has 0 radical (unpaired) electrons. The number of hydrogen-bond acceptors (Lipinski definition) is 3. The van der Waals surface area contributed by atoms with Gasteiger partial charge in [-0.2, -0.15) is 0 Å². The summed E-state index contributed by atoms with van der Waals surface area (Å²) in [4.78, 5) is 0. The number of nitrogens with zero attached hydrogens (tertiary/aromatic N) is 1.